The first kappa shape index (κ1) is 18.6. The highest BCUT2D eigenvalue weighted by atomic mass is 32.2. The highest BCUT2D eigenvalue weighted by Crippen LogP contribution is 2.22. The third kappa shape index (κ3) is 3.81. The zero-order valence-electron chi connectivity index (χ0n) is 15.2. The highest BCUT2D eigenvalue weighted by Gasteiger charge is 2.18. The summed E-state index contributed by atoms with van der Waals surface area (Å²) in [7, 11) is -3.70. The number of sulfone groups is 1. The van der Waals surface area contributed by atoms with Crippen molar-refractivity contribution in [3.63, 3.8) is 0 Å². The van der Waals surface area contributed by atoms with Crippen LogP contribution in [-0.4, -0.2) is 23.4 Å². The first-order valence-electron chi connectivity index (χ1n) is 8.62. The van der Waals surface area contributed by atoms with Gasteiger partial charge < -0.3 is 15.5 Å². The molecule has 0 amide bonds. The molecule has 0 bridgehead atoms. The number of hydrogen-bond acceptors (Lipinski definition) is 8. The van der Waals surface area contributed by atoms with Crippen molar-refractivity contribution < 1.29 is 12.8 Å². The topological polar surface area (TPSA) is 124 Å². The number of hydrogen-bond donors (Lipinski definition) is 2. The lowest BCUT2D eigenvalue weighted by molar-refractivity contribution is 0.590. The Balaban J connectivity index is 1.45. The summed E-state index contributed by atoms with van der Waals surface area (Å²) in [5, 5.41) is 4.06. The fourth-order valence-electron chi connectivity index (χ4n) is 2.68. The molecular weight excluding hydrogens is 390 g/mol. The molecule has 4 aromatic rings. The van der Waals surface area contributed by atoms with Crippen LogP contribution in [0.1, 0.15) is 11.5 Å². The third-order valence-corrected chi connectivity index (χ3v) is 6.00. The molecule has 0 aliphatic heterocycles. The SMILES string of the molecule is C=C(NCc1ccc(S(=O)(=O)c2ccc(N)nc2)cn1)c1cc2ccncc2o1. The molecule has 29 heavy (non-hydrogen) atoms. The van der Waals surface area contributed by atoms with E-state index in [0.29, 0.717) is 29.3 Å². The number of pyridine rings is 3. The molecular formula is C20H17N5O3S. The summed E-state index contributed by atoms with van der Waals surface area (Å²) in [5.41, 5.74) is 7.43. The van der Waals surface area contributed by atoms with E-state index in [1.165, 1.54) is 30.6 Å². The van der Waals surface area contributed by atoms with Gasteiger partial charge in [0.15, 0.2) is 11.3 Å². The summed E-state index contributed by atoms with van der Waals surface area (Å²) in [6.07, 6.45) is 5.88. The van der Waals surface area contributed by atoms with Gasteiger partial charge in [0.1, 0.15) is 5.82 Å². The first-order chi connectivity index (χ1) is 13.9. The second-order valence-electron chi connectivity index (χ2n) is 6.26. The van der Waals surface area contributed by atoms with Crippen molar-refractivity contribution in [2.24, 2.45) is 0 Å². The molecule has 9 heteroatoms. The zero-order chi connectivity index (χ0) is 20.4. The third-order valence-electron chi connectivity index (χ3n) is 4.28. The number of fused-ring (bicyclic) bond motifs is 1. The van der Waals surface area contributed by atoms with Gasteiger partial charge in [-0.15, -0.1) is 0 Å². The van der Waals surface area contributed by atoms with Crippen LogP contribution < -0.4 is 11.1 Å². The van der Waals surface area contributed by atoms with E-state index in [1.54, 1.807) is 18.5 Å². The maximum absolute atomic E-state index is 12.6. The van der Waals surface area contributed by atoms with Crippen LogP contribution in [0.5, 0.6) is 0 Å². The number of anilines is 1. The minimum Gasteiger partial charge on any atom is -0.453 e. The standard InChI is InChI=1S/C20H17N5O3S/c1-13(18-8-14-6-7-22-12-19(14)28-18)23-9-15-2-3-16(10-24-15)29(26,27)17-4-5-20(21)25-11-17/h2-8,10-12,23H,1,9H2,(H2,21,25). The molecule has 0 unspecified atom stereocenters. The van der Waals surface area contributed by atoms with Gasteiger partial charge in [0.2, 0.25) is 9.84 Å². The van der Waals surface area contributed by atoms with E-state index in [0.717, 1.165) is 5.39 Å². The summed E-state index contributed by atoms with van der Waals surface area (Å²) in [6, 6.07) is 9.73. The van der Waals surface area contributed by atoms with Crippen LogP contribution in [0.4, 0.5) is 5.82 Å². The van der Waals surface area contributed by atoms with E-state index in [9.17, 15) is 8.42 Å². The molecule has 0 fully saturated rings. The number of nitrogens with two attached hydrogens (primary N) is 1. The molecule has 0 aromatic carbocycles. The van der Waals surface area contributed by atoms with Gasteiger partial charge in [0.05, 0.1) is 33.9 Å². The number of aromatic nitrogens is 3. The van der Waals surface area contributed by atoms with Crippen molar-refractivity contribution in [3.8, 4) is 0 Å². The molecule has 0 aliphatic rings. The normalized spacial score (nSPS) is 11.4. The zero-order valence-corrected chi connectivity index (χ0v) is 16.1. The Hall–Kier alpha value is -3.72. The average Bonchev–Trinajstić information content (AvgIpc) is 3.17. The number of nitrogen functional groups attached to an aromatic ring is 1. The van der Waals surface area contributed by atoms with Gasteiger partial charge in [-0.3, -0.25) is 9.97 Å². The van der Waals surface area contributed by atoms with Crippen LogP contribution in [0.25, 0.3) is 16.7 Å². The molecule has 8 nitrogen and oxygen atoms in total. The van der Waals surface area contributed by atoms with E-state index < -0.39 is 9.84 Å². The number of nitrogens with zero attached hydrogens (tertiary/aromatic N) is 3. The van der Waals surface area contributed by atoms with E-state index in [1.807, 2.05) is 12.1 Å². The number of rotatable bonds is 6. The van der Waals surface area contributed by atoms with Crippen LogP contribution in [0.2, 0.25) is 0 Å². The lowest BCUT2D eigenvalue weighted by atomic mass is 10.3. The Morgan fingerprint density at radius 1 is 1.07 bits per heavy atom. The van der Waals surface area contributed by atoms with Gasteiger partial charge in [0.25, 0.3) is 0 Å². The largest absolute Gasteiger partial charge is 0.453 e. The predicted octanol–water partition coefficient (Wildman–Crippen LogP) is 2.79. The van der Waals surface area contributed by atoms with Crippen molar-refractivity contribution in [3.05, 3.63) is 79.2 Å². The number of nitrogens with one attached hydrogen (secondary N) is 1. The Morgan fingerprint density at radius 3 is 2.48 bits per heavy atom. The Kier molecular flexibility index (Phi) is 4.73. The maximum Gasteiger partial charge on any atom is 0.209 e. The van der Waals surface area contributed by atoms with Crippen LogP contribution in [-0.2, 0) is 16.4 Å². The average molecular weight is 407 g/mol. The summed E-state index contributed by atoms with van der Waals surface area (Å²) in [4.78, 5) is 12.2. The van der Waals surface area contributed by atoms with Gasteiger partial charge in [-0.05, 0) is 36.4 Å². The molecule has 4 aromatic heterocycles. The van der Waals surface area contributed by atoms with Gasteiger partial charge in [0, 0.05) is 24.0 Å². The van der Waals surface area contributed by atoms with E-state index >= 15 is 0 Å². The molecule has 4 rings (SSSR count). The maximum atomic E-state index is 12.6. The van der Waals surface area contributed by atoms with Crippen LogP contribution in [0.15, 0.2) is 82.0 Å². The van der Waals surface area contributed by atoms with Crippen molar-refractivity contribution in [1.82, 2.24) is 20.3 Å². The van der Waals surface area contributed by atoms with Crippen molar-refractivity contribution in [2.45, 2.75) is 16.3 Å². The number of furan rings is 1. The van der Waals surface area contributed by atoms with E-state index in [4.69, 9.17) is 10.2 Å². The molecule has 0 spiro atoms. The molecule has 0 aliphatic carbocycles. The predicted molar refractivity (Wildman–Crippen MR) is 108 cm³/mol. The summed E-state index contributed by atoms with van der Waals surface area (Å²) in [5.74, 6) is 0.854. The lowest BCUT2D eigenvalue weighted by Crippen LogP contribution is -2.12. The van der Waals surface area contributed by atoms with Gasteiger partial charge >= 0.3 is 0 Å². The van der Waals surface area contributed by atoms with E-state index in [2.05, 4.69) is 26.8 Å². The summed E-state index contributed by atoms with van der Waals surface area (Å²) in [6.45, 7) is 4.33. The monoisotopic (exact) mass is 407 g/mol. The molecule has 146 valence electrons. The molecule has 0 saturated carbocycles. The second kappa shape index (κ2) is 7.36. The smallest absolute Gasteiger partial charge is 0.209 e. The Morgan fingerprint density at radius 2 is 1.83 bits per heavy atom. The Bertz CT molecular complexity index is 1250. The van der Waals surface area contributed by atoms with Crippen molar-refractivity contribution in [2.75, 3.05) is 5.73 Å². The quantitative estimate of drug-likeness (QED) is 0.500. The molecule has 0 radical (unpaired) electrons. The second-order valence-corrected chi connectivity index (χ2v) is 8.21. The van der Waals surface area contributed by atoms with Crippen molar-refractivity contribution >= 4 is 32.3 Å². The fourth-order valence-corrected chi connectivity index (χ4v) is 3.83. The molecule has 0 atom stereocenters. The lowest BCUT2D eigenvalue weighted by Gasteiger charge is -2.08. The van der Waals surface area contributed by atoms with Crippen LogP contribution in [0.3, 0.4) is 0 Å². The molecule has 4 heterocycles. The molecule has 3 N–H and O–H groups in total. The van der Waals surface area contributed by atoms with Crippen LogP contribution >= 0.6 is 0 Å². The van der Waals surface area contributed by atoms with Gasteiger partial charge in [-0.2, -0.15) is 0 Å². The van der Waals surface area contributed by atoms with Crippen molar-refractivity contribution in [1.29, 1.82) is 0 Å². The van der Waals surface area contributed by atoms with Crippen LogP contribution in [0, 0.1) is 0 Å². The Labute approximate surface area is 167 Å². The minimum atomic E-state index is -3.70. The van der Waals surface area contributed by atoms with E-state index in [-0.39, 0.29) is 15.6 Å². The first-order valence-corrected chi connectivity index (χ1v) is 10.1. The fraction of sp³-hybridized carbons (Fsp3) is 0.0500. The summed E-state index contributed by atoms with van der Waals surface area (Å²) >= 11 is 0. The van der Waals surface area contributed by atoms with Gasteiger partial charge in [-0.25, -0.2) is 13.4 Å². The summed E-state index contributed by atoms with van der Waals surface area (Å²) < 4.78 is 30.9. The minimum absolute atomic E-state index is 0.0622. The highest BCUT2D eigenvalue weighted by molar-refractivity contribution is 7.91. The van der Waals surface area contributed by atoms with Gasteiger partial charge in [-0.1, -0.05) is 6.58 Å². The molecule has 0 saturated heterocycles.